The normalized spacial score (nSPS) is 10.6. The van der Waals surface area contributed by atoms with E-state index in [1.165, 1.54) is 0 Å². The van der Waals surface area contributed by atoms with Gasteiger partial charge in [0.2, 0.25) is 0 Å². The molecule has 22 heavy (non-hydrogen) atoms. The van der Waals surface area contributed by atoms with Gasteiger partial charge in [-0.1, -0.05) is 54.1 Å². The van der Waals surface area contributed by atoms with Gasteiger partial charge >= 0.3 is 0 Å². The molecule has 0 saturated heterocycles. The maximum atomic E-state index is 6.09. The van der Waals surface area contributed by atoms with E-state index in [0.29, 0.717) is 23.2 Å². The molecule has 0 aromatic heterocycles. The summed E-state index contributed by atoms with van der Waals surface area (Å²) in [5, 5.41) is 5.41. The molecule has 0 radical (unpaired) electrons. The van der Waals surface area contributed by atoms with Crippen LogP contribution in [-0.4, -0.2) is 12.8 Å². The van der Waals surface area contributed by atoms with E-state index < -0.39 is 0 Å². The van der Waals surface area contributed by atoms with Crippen molar-refractivity contribution in [1.29, 1.82) is 0 Å². The highest BCUT2D eigenvalue weighted by Crippen LogP contribution is 2.23. The number of halogens is 2. The Morgan fingerprint density at radius 2 is 1.86 bits per heavy atom. The number of ether oxygens (including phenoxy) is 1. The van der Waals surface area contributed by atoms with E-state index in [9.17, 15) is 0 Å². The van der Waals surface area contributed by atoms with Gasteiger partial charge in [0.15, 0.2) is 0 Å². The summed E-state index contributed by atoms with van der Waals surface area (Å²) in [5.41, 5.74) is 4.69. The molecule has 5 heteroatoms. The van der Waals surface area contributed by atoms with Gasteiger partial charge in [-0.3, -0.25) is 0 Å². The van der Waals surface area contributed by atoms with E-state index in [-0.39, 0.29) is 0 Å². The van der Waals surface area contributed by atoms with Crippen LogP contribution in [0.25, 0.3) is 0 Å². The number of benzene rings is 2. The van der Waals surface area contributed by atoms with Crippen molar-refractivity contribution in [2.24, 2.45) is 5.10 Å². The first kappa shape index (κ1) is 16.4. The fourth-order valence-electron chi connectivity index (χ4n) is 1.79. The molecule has 0 heterocycles. The SMILES string of the molecule is C=CCOc1cccc(/C=N/NCc2c(Cl)cccc2Cl)c1. The molecule has 0 bridgehead atoms. The van der Waals surface area contributed by atoms with Crippen LogP contribution in [0.1, 0.15) is 11.1 Å². The number of nitrogens with zero attached hydrogens (tertiary/aromatic N) is 1. The minimum atomic E-state index is 0.460. The fraction of sp³-hybridized carbons (Fsp3) is 0.118. The Kier molecular flexibility index (Phi) is 6.31. The molecule has 0 amide bonds. The van der Waals surface area contributed by atoms with Crippen LogP contribution < -0.4 is 10.2 Å². The molecule has 2 aromatic rings. The number of hydrogen-bond acceptors (Lipinski definition) is 3. The minimum Gasteiger partial charge on any atom is -0.490 e. The van der Waals surface area contributed by atoms with Gasteiger partial charge in [0.1, 0.15) is 12.4 Å². The first-order chi connectivity index (χ1) is 10.7. The zero-order valence-electron chi connectivity index (χ0n) is 11.9. The van der Waals surface area contributed by atoms with Crippen molar-refractivity contribution in [2.75, 3.05) is 6.61 Å². The van der Waals surface area contributed by atoms with Crippen molar-refractivity contribution in [2.45, 2.75) is 6.54 Å². The Bertz CT molecular complexity index is 651. The molecule has 0 saturated carbocycles. The zero-order valence-corrected chi connectivity index (χ0v) is 13.4. The molecular formula is C17H16Cl2N2O. The van der Waals surface area contributed by atoms with Gasteiger partial charge in [0.05, 0.1) is 12.8 Å². The van der Waals surface area contributed by atoms with Gasteiger partial charge in [0.25, 0.3) is 0 Å². The third kappa shape index (κ3) is 4.79. The smallest absolute Gasteiger partial charge is 0.120 e. The third-order valence-corrected chi connectivity index (χ3v) is 3.56. The summed E-state index contributed by atoms with van der Waals surface area (Å²) in [6.45, 7) is 4.55. The second kappa shape index (κ2) is 8.47. The van der Waals surface area contributed by atoms with Crippen molar-refractivity contribution in [3.8, 4) is 5.75 Å². The Hall–Kier alpha value is -1.97. The summed E-state index contributed by atoms with van der Waals surface area (Å²) in [6.07, 6.45) is 3.42. The van der Waals surface area contributed by atoms with Crippen LogP contribution in [0, 0.1) is 0 Å². The molecule has 3 nitrogen and oxygen atoms in total. The zero-order chi connectivity index (χ0) is 15.8. The summed E-state index contributed by atoms with van der Waals surface area (Å²) in [5.74, 6) is 0.776. The van der Waals surface area contributed by atoms with Gasteiger partial charge < -0.3 is 10.2 Å². The molecule has 2 aromatic carbocycles. The topological polar surface area (TPSA) is 33.6 Å². The van der Waals surface area contributed by atoms with E-state index >= 15 is 0 Å². The number of hydrogen-bond donors (Lipinski definition) is 1. The summed E-state index contributed by atoms with van der Waals surface area (Å²) in [6, 6.07) is 13.0. The summed E-state index contributed by atoms with van der Waals surface area (Å²) in [7, 11) is 0. The lowest BCUT2D eigenvalue weighted by Crippen LogP contribution is -2.06. The van der Waals surface area contributed by atoms with Gasteiger partial charge in [-0.05, 0) is 29.8 Å². The van der Waals surface area contributed by atoms with Crippen LogP contribution in [0.3, 0.4) is 0 Å². The van der Waals surface area contributed by atoms with Crippen molar-refractivity contribution in [1.82, 2.24) is 5.43 Å². The molecule has 0 fully saturated rings. The van der Waals surface area contributed by atoms with Crippen molar-refractivity contribution < 1.29 is 4.74 Å². The van der Waals surface area contributed by atoms with E-state index in [4.69, 9.17) is 27.9 Å². The van der Waals surface area contributed by atoms with Crippen molar-refractivity contribution >= 4 is 29.4 Å². The highest BCUT2D eigenvalue weighted by Gasteiger charge is 2.03. The van der Waals surface area contributed by atoms with Crippen LogP contribution in [-0.2, 0) is 6.54 Å². The molecule has 0 unspecified atom stereocenters. The van der Waals surface area contributed by atoms with Crippen LogP contribution in [0.4, 0.5) is 0 Å². The summed E-state index contributed by atoms with van der Waals surface area (Å²) >= 11 is 12.2. The number of nitrogens with one attached hydrogen (secondary N) is 1. The monoisotopic (exact) mass is 334 g/mol. The molecule has 0 aliphatic heterocycles. The average molecular weight is 335 g/mol. The average Bonchev–Trinajstić information content (AvgIpc) is 2.52. The largest absolute Gasteiger partial charge is 0.490 e. The molecule has 2 rings (SSSR count). The van der Waals surface area contributed by atoms with E-state index in [0.717, 1.165) is 16.9 Å². The van der Waals surface area contributed by atoms with Gasteiger partial charge in [-0.15, -0.1) is 0 Å². The molecule has 114 valence electrons. The van der Waals surface area contributed by atoms with Gasteiger partial charge in [0, 0.05) is 15.6 Å². The van der Waals surface area contributed by atoms with Gasteiger partial charge in [-0.2, -0.15) is 5.10 Å². The second-order valence-corrected chi connectivity index (χ2v) is 5.28. The lowest BCUT2D eigenvalue weighted by atomic mass is 10.2. The molecule has 0 spiro atoms. The van der Waals surface area contributed by atoms with Gasteiger partial charge in [-0.25, -0.2) is 0 Å². The molecule has 0 aliphatic rings. The quantitative estimate of drug-likeness (QED) is 0.453. The van der Waals surface area contributed by atoms with Crippen LogP contribution in [0.15, 0.2) is 60.2 Å². The summed E-state index contributed by atoms with van der Waals surface area (Å²) in [4.78, 5) is 0. The molecular weight excluding hydrogens is 319 g/mol. The molecule has 0 atom stereocenters. The van der Waals surface area contributed by atoms with Crippen LogP contribution in [0.2, 0.25) is 10.0 Å². The van der Waals surface area contributed by atoms with E-state index in [2.05, 4.69) is 17.1 Å². The Balaban J connectivity index is 1.94. The maximum Gasteiger partial charge on any atom is 0.120 e. The standard InChI is InChI=1S/C17H16Cl2N2O/c1-2-9-22-14-6-3-5-13(10-14)11-20-21-12-15-16(18)7-4-8-17(15)19/h2-8,10-11,21H,1,9,12H2/b20-11+. The minimum absolute atomic E-state index is 0.460. The lowest BCUT2D eigenvalue weighted by Gasteiger charge is -2.06. The molecule has 1 N–H and O–H groups in total. The van der Waals surface area contributed by atoms with Crippen molar-refractivity contribution in [3.63, 3.8) is 0 Å². The lowest BCUT2D eigenvalue weighted by molar-refractivity contribution is 0.363. The summed E-state index contributed by atoms with van der Waals surface area (Å²) < 4.78 is 5.47. The van der Waals surface area contributed by atoms with Crippen LogP contribution in [0.5, 0.6) is 5.75 Å². The fourth-order valence-corrected chi connectivity index (χ4v) is 2.32. The highest BCUT2D eigenvalue weighted by atomic mass is 35.5. The Labute approximate surface area is 140 Å². The number of hydrazone groups is 1. The highest BCUT2D eigenvalue weighted by molar-refractivity contribution is 6.35. The second-order valence-electron chi connectivity index (χ2n) is 4.47. The Morgan fingerprint density at radius 1 is 1.14 bits per heavy atom. The first-order valence-corrected chi connectivity index (χ1v) is 7.49. The molecule has 0 aliphatic carbocycles. The predicted molar refractivity (Wildman–Crippen MR) is 93.0 cm³/mol. The van der Waals surface area contributed by atoms with Crippen molar-refractivity contribution in [3.05, 3.63) is 76.3 Å². The predicted octanol–water partition coefficient (Wildman–Crippen LogP) is 4.68. The third-order valence-electron chi connectivity index (χ3n) is 2.85. The van der Waals surface area contributed by atoms with Crippen LogP contribution >= 0.6 is 23.2 Å². The Morgan fingerprint density at radius 3 is 2.59 bits per heavy atom. The number of rotatable bonds is 7. The maximum absolute atomic E-state index is 6.09. The van der Waals surface area contributed by atoms with E-state index in [1.807, 2.05) is 30.3 Å². The first-order valence-electron chi connectivity index (χ1n) is 6.73. The van der Waals surface area contributed by atoms with E-state index in [1.54, 1.807) is 24.4 Å².